The molecule has 0 aliphatic carbocycles. The topological polar surface area (TPSA) is 67.6 Å². The molecule has 320 valence electrons. The van der Waals surface area contributed by atoms with Crippen molar-refractivity contribution in [1.29, 1.82) is 0 Å². The van der Waals surface area contributed by atoms with Crippen molar-refractivity contribution in [3.63, 3.8) is 0 Å². The molecular weight excluding hydrogens is 781 g/mol. The summed E-state index contributed by atoms with van der Waals surface area (Å²) in [5, 5.41) is 0. The Hall–Kier alpha value is -4.36. The molecular formula is C47H68N4O6S2+4. The molecule has 2 heterocycles. The lowest BCUT2D eigenvalue weighted by atomic mass is 10.1. The molecule has 0 radical (unpaired) electrons. The van der Waals surface area contributed by atoms with Crippen LogP contribution in [0, 0.1) is 0 Å². The van der Waals surface area contributed by atoms with E-state index in [1.54, 1.807) is 47.6 Å². The zero-order valence-corrected chi connectivity index (χ0v) is 38.5. The summed E-state index contributed by atoms with van der Waals surface area (Å²) in [5.41, 5.74) is 4.30. The molecule has 10 nitrogen and oxygen atoms in total. The van der Waals surface area contributed by atoms with E-state index in [0.29, 0.717) is 34.5 Å². The third kappa shape index (κ3) is 15.3. The maximum atomic E-state index is 5.53. The van der Waals surface area contributed by atoms with Crippen molar-refractivity contribution in [1.82, 2.24) is 0 Å². The number of nitrogens with one attached hydrogen (secondary N) is 1. The quantitative estimate of drug-likeness (QED) is 0.0302. The highest BCUT2D eigenvalue weighted by Crippen LogP contribution is 2.39. The van der Waals surface area contributed by atoms with Gasteiger partial charge in [0.2, 0.25) is 22.9 Å². The van der Waals surface area contributed by atoms with Crippen LogP contribution in [0.25, 0.3) is 24.3 Å². The summed E-state index contributed by atoms with van der Waals surface area (Å²) in [7, 11) is 20.9. The number of ether oxygens (including phenoxy) is 6. The first-order valence-corrected chi connectivity index (χ1v) is 22.9. The highest BCUT2D eigenvalue weighted by atomic mass is 33.1. The highest BCUT2D eigenvalue weighted by molar-refractivity contribution is 8.76. The number of unbranched alkanes of at least 4 members (excludes halogenated alkanes) is 2. The normalized spacial score (nSPS) is 12.2. The van der Waals surface area contributed by atoms with E-state index in [4.69, 9.17) is 28.4 Å². The van der Waals surface area contributed by atoms with Crippen LogP contribution < -0.4 is 42.5 Å². The van der Waals surface area contributed by atoms with Gasteiger partial charge >= 0.3 is 0 Å². The first-order chi connectivity index (χ1) is 28.6. The standard InChI is InChI=1S/C47H67N4O6S2/c1-48(24-14-15-27-49-25-12-10-18-40(49)22-20-38-34-42(52-4)46(56-8)43(35-38)53-5)29-32-58-59-33-31-51(2,3)30-17-16-28-50-26-13-11-19-41(50)23-21-39-36-44(54-6)47(57-9)45(37-39)55-7/h10-13,18-23,25-26,34-37H,14-17,24,27-33H2,1-9H3/q+3/p+1/b22-20+,23-21+. The number of nitrogens with zero attached hydrogens (tertiary/aromatic N) is 3. The van der Waals surface area contributed by atoms with Crippen LogP contribution in [0.4, 0.5) is 0 Å². The van der Waals surface area contributed by atoms with E-state index in [2.05, 4.69) is 103 Å². The van der Waals surface area contributed by atoms with E-state index in [-0.39, 0.29) is 0 Å². The Morgan fingerprint density at radius 2 is 1.00 bits per heavy atom. The second kappa shape index (κ2) is 25.3. The van der Waals surface area contributed by atoms with E-state index < -0.39 is 0 Å². The lowest BCUT2D eigenvalue weighted by molar-refractivity contribution is -0.888. The van der Waals surface area contributed by atoms with Gasteiger partial charge in [0.1, 0.15) is 13.1 Å². The molecule has 0 saturated carbocycles. The molecule has 0 aliphatic heterocycles. The van der Waals surface area contributed by atoms with Gasteiger partial charge in [0, 0.05) is 62.1 Å². The molecule has 1 N–H and O–H groups in total. The Balaban J connectivity index is 1.10. The van der Waals surface area contributed by atoms with Crippen LogP contribution in [0.2, 0.25) is 0 Å². The minimum Gasteiger partial charge on any atom is -0.493 e. The number of aromatic nitrogens is 2. The minimum atomic E-state index is 0.599. The first-order valence-electron chi connectivity index (χ1n) is 20.5. The molecule has 2 aromatic heterocycles. The molecule has 4 rings (SSSR count). The van der Waals surface area contributed by atoms with Gasteiger partial charge in [0.05, 0.1) is 101 Å². The molecule has 59 heavy (non-hydrogen) atoms. The van der Waals surface area contributed by atoms with E-state index in [1.807, 2.05) is 45.9 Å². The van der Waals surface area contributed by atoms with Crippen molar-refractivity contribution in [2.45, 2.75) is 38.8 Å². The SMILES string of the molecule is COc1cc(/C=C/c2cccc[n+]2CCCC[NH+](C)CCSSCC[N+](C)(C)CCCC[n+]2ccccc2/C=C/c2cc(OC)c(OC)c(OC)c2)cc(OC)c1OC. The molecule has 0 aliphatic rings. The van der Waals surface area contributed by atoms with Crippen molar-refractivity contribution >= 4 is 45.9 Å². The van der Waals surface area contributed by atoms with Gasteiger partial charge in [-0.25, -0.2) is 0 Å². The summed E-state index contributed by atoms with van der Waals surface area (Å²) in [6, 6.07) is 20.6. The van der Waals surface area contributed by atoms with E-state index in [9.17, 15) is 0 Å². The van der Waals surface area contributed by atoms with Crippen LogP contribution in [0.15, 0.2) is 73.1 Å². The van der Waals surface area contributed by atoms with Gasteiger partial charge in [-0.05, 0) is 59.7 Å². The fraction of sp³-hybridized carbons (Fsp3) is 0.447. The number of hydrogen-bond donors (Lipinski definition) is 1. The summed E-state index contributed by atoms with van der Waals surface area (Å²) < 4.78 is 38.8. The second-order valence-corrected chi connectivity index (χ2v) is 17.8. The average Bonchev–Trinajstić information content (AvgIpc) is 3.25. The van der Waals surface area contributed by atoms with Crippen LogP contribution in [0.1, 0.15) is 48.2 Å². The minimum absolute atomic E-state index is 0.599. The monoisotopic (exact) mass is 848 g/mol. The first kappa shape index (κ1) is 47.3. The largest absolute Gasteiger partial charge is 0.493 e. The predicted molar refractivity (Wildman–Crippen MR) is 245 cm³/mol. The molecule has 1 unspecified atom stereocenters. The van der Waals surface area contributed by atoms with Crippen LogP contribution in [-0.4, -0.2) is 106 Å². The molecule has 2 aromatic carbocycles. The van der Waals surface area contributed by atoms with Crippen molar-refractivity contribution < 1.29 is 46.9 Å². The smallest absolute Gasteiger partial charge is 0.205 e. The van der Waals surface area contributed by atoms with Gasteiger partial charge in [-0.3, -0.25) is 0 Å². The van der Waals surface area contributed by atoms with Crippen molar-refractivity contribution in [2.75, 3.05) is 101 Å². The number of aryl methyl sites for hydroxylation is 2. The number of methoxy groups -OCH3 is 6. The van der Waals surface area contributed by atoms with E-state index in [0.717, 1.165) is 52.9 Å². The summed E-state index contributed by atoms with van der Waals surface area (Å²) in [6.07, 6.45) is 17.5. The lowest BCUT2D eigenvalue weighted by Crippen LogP contribution is -3.09. The number of benzene rings is 2. The summed E-state index contributed by atoms with van der Waals surface area (Å²) in [4.78, 5) is 1.60. The summed E-state index contributed by atoms with van der Waals surface area (Å²) in [5.74, 6) is 6.14. The Kier molecular flexibility index (Phi) is 20.3. The van der Waals surface area contributed by atoms with Gasteiger partial charge in [-0.2, -0.15) is 9.13 Å². The molecule has 0 bridgehead atoms. The number of quaternary nitrogens is 2. The van der Waals surface area contributed by atoms with E-state index in [1.165, 1.54) is 50.5 Å². The molecule has 4 aromatic rings. The zero-order valence-electron chi connectivity index (χ0n) is 36.8. The lowest BCUT2D eigenvalue weighted by Gasteiger charge is -2.29. The molecule has 12 heteroatoms. The van der Waals surface area contributed by atoms with Gasteiger partial charge in [-0.1, -0.05) is 21.6 Å². The van der Waals surface area contributed by atoms with Crippen molar-refractivity contribution in [3.05, 3.63) is 95.6 Å². The Morgan fingerprint density at radius 3 is 1.46 bits per heavy atom. The number of hydrogen-bond acceptors (Lipinski definition) is 8. The maximum absolute atomic E-state index is 5.53. The van der Waals surface area contributed by atoms with Crippen LogP contribution >= 0.6 is 21.6 Å². The molecule has 0 amide bonds. The van der Waals surface area contributed by atoms with Gasteiger partial charge < -0.3 is 37.8 Å². The third-order valence-corrected chi connectivity index (χ3v) is 12.7. The Morgan fingerprint density at radius 1 is 0.542 bits per heavy atom. The predicted octanol–water partition coefficient (Wildman–Crippen LogP) is 6.89. The summed E-state index contributed by atoms with van der Waals surface area (Å²) >= 11 is 0. The summed E-state index contributed by atoms with van der Waals surface area (Å²) in [6.45, 7) is 6.70. The van der Waals surface area contributed by atoms with Crippen LogP contribution in [0.5, 0.6) is 34.5 Å². The second-order valence-electron chi connectivity index (χ2n) is 15.1. The maximum Gasteiger partial charge on any atom is 0.205 e. The van der Waals surface area contributed by atoms with Gasteiger partial charge in [0.25, 0.3) is 0 Å². The fourth-order valence-electron chi connectivity index (χ4n) is 6.83. The molecule has 1 atom stereocenters. The van der Waals surface area contributed by atoms with Gasteiger partial charge in [0.15, 0.2) is 35.4 Å². The molecule has 0 fully saturated rings. The number of pyridine rings is 2. The Bertz CT molecular complexity index is 1890. The zero-order chi connectivity index (χ0) is 42.5. The van der Waals surface area contributed by atoms with Crippen molar-refractivity contribution in [3.8, 4) is 34.5 Å². The molecule has 0 saturated heterocycles. The average molecular weight is 849 g/mol. The van der Waals surface area contributed by atoms with Crippen molar-refractivity contribution in [2.24, 2.45) is 0 Å². The Labute approximate surface area is 361 Å². The third-order valence-electron chi connectivity index (χ3n) is 10.4. The van der Waals surface area contributed by atoms with Gasteiger partial charge in [-0.15, -0.1) is 0 Å². The van der Waals surface area contributed by atoms with E-state index >= 15 is 0 Å². The highest BCUT2D eigenvalue weighted by Gasteiger charge is 2.17. The number of rotatable bonds is 27. The van der Waals surface area contributed by atoms with Crippen LogP contribution in [0.3, 0.4) is 0 Å². The molecule has 0 spiro atoms. The van der Waals surface area contributed by atoms with Crippen LogP contribution in [-0.2, 0) is 13.1 Å². The fourth-order valence-corrected chi connectivity index (χ4v) is 9.25.